The number of rotatable bonds is 6. The molecule has 1 N–H and O–H groups in total. The van der Waals surface area contributed by atoms with E-state index in [2.05, 4.69) is 10.1 Å². The molecule has 5 heteroatoms. The Bertz CT molecular complexity index is 639. The summed E-state index contributed by atoms with van der Waals surface area (Å²) in [5, 5.41) is 2.95. The van der Waals surface area contributed by atoms with Crippen LogP contribution in [0.3, 0.4) is 0 Å². The molecular formula is C18H19F2NO2. The van der Waals surface area contributed by atoms with E-state index < -0.39 is 6.61 Å². The number of nitrogens with one attached hydrogen (secondary N) is 1. The third-order valence-electron chi connectivity index (χ3n) is 3.53. The fraction of sp³-hybridized carbons (Fsp3) is 0.278. The number of aryl methyl sites for hydroxylation is 1. The first-order chi connectivity index (χ1) is 11.0. The van der Waals surface area contributed by atoms with Crippen LogP contribution in [-0.2, 0) is 0 Å². The fourth-order valence-corrected chi connectivity index (χ4v) is 2.25. The summed E-state index contributed by atoms with van der Waals surface area (Å²) in [5.74, 6) is -0.219. The number of carbonyl (C=O) groups is 1. The summed E-state index contributed by atoms with van der Waals surface area (Å²) in [4.78, 5) is 12.3. The second-order valence-corrected chi connectivity index (χ2v) is 5.25. The van der Waals surface area contributed by atoms with E-state index in [1.54, 1.807) is 0 Å². The van der Waals surface area contributed by atoms with Crippen molar-refractivity contribution < 1.29 is 18.3 Å². The van der Waals surface area contributed by atoms with Gasteiger partial charge < -0.3 is 10.1 Å². The molecule has 2 aromatic carbocycles. The topological polar surface area (TPSA) is 38.3 Å². The Balaban J connectivity index is 2.05. The molecule has 2 aromatic rings. The van der Waals surface area contributed by atoms with Crippen molar-refractivity contribution in [3.05, 3.63) is 65.2 Å². The maximum Gasteiger partial charge on any atom is 0.387 e. The highest BCUT2D eigenvalue weighted by atomic mass is 19.3. The highest BCUT2D eigenvalue weighted by Gasteiger charge is 2.14. The minimum Gasteiger partial charge on any atom is -0.435 e. The number of hydrogen-bond acceptors (Lipinski definition) is 2. The van der Waals surface area contributed by atoms with Gasteiger partial charge in [0.15, 0.2) is 0 Å². The van der Waals surface area contributed by atoms with Crippen molar-refractivity contribution in [2.45, 2.75) is 32.9 Å². The standard InChI is InChI=1S/C18H19F2NO2/c1-3-16(13-6-4-12(2)5-7-13)21-17(22)14-8-10-15(11-9-14)23-18(19)20/h4-11,16,18H,3H2,1-2H3,(H,21,22). The van der Waals surface area contributed by atoms with Gasteiger partial charge in [0.2, 0.25) is 0 Å². The van der Waals surface area contributed by atoms with E-state index in [1.165, 1.54) is 24.3 Å². The zero-order chi connectivity index (χ0) is 16.8. The molecule has 23 heavy (non-hydrogen) atoms. The van der Waals surface area contributed by atoms with E-state index in [0.29, 0.717) is 5.56 Å². The lowest BCUT2D eigenvalue weighted by Gasteiger charge is -2.18. The molecule has 1 amide bonds. The Kier molecular flexibility index (Phi) is 5.68. The van der Waals surface area contributed by atoms with Crippen LogP contribution in [0.2, 0.25) is 0 Å². The summed E-state index contributed by atoms with van der Waals surface area (Å²) in [7, 11) is 0. The number of alkyl halides is 2. The van der Waals surface area contributed by atoms with Gasteiger partial charge in [0.05, 0.1) is 6.04 Å². The molecule has 0 saturated carbocycles. The molecule has 1 unspecified atom stereocenters. The van der Waals surface area contributed by atoms with E-state index in [-0.39, 0.29) is 17.7 Å². The van der Waals surface area contributed by atoms with E-state index in [0.717, 1.165) is 17.5 Å². The minimum atomic E-state index is -2.87. The smallest absolute Gasteiger partial charge is 0.387 e. The Morgan fingerprint density at radius 1 is 1.09 bits per heavy atom. The quantitative estimate of drug-likeness (QED) is 0.852. The van der Waals surface area contributed by atoms with Crippen molar-refractivity contribution in [2.24, 2.45) is 0 Å². The van der Waals surface area contributed by atoms with Gasteiger partial charge in [0.25, 0.3) is 5.91 Å². The number of amides is 1. The zero-order valence-corrected chi connectivity index (χ0v) is 13.1. The van der Waals surface area contributed by atoms with Crippen LogP contribution in [0.4, 0.5) is 8.78 Å². The van der Waals surface area contributed by atoms with Gasteiger partial charge >= 0.3 is 6.61 Å². The molecule has 0 aliphatic carbocycles. The molecule has 2 rings (SSSR count). The van der Waals surface area contributed by atoms with Crippen LogP contribution in [0.25, 0.3) is 0 Å². The van der Waals surface area contributed by atoms with Gasteiger partial charge in [-0.25, -0.2) is 0 Å². The average molecular weight is 319 g/mol. The lowest BCUT2D eigenvalue weighted by Crippen LogP contribution is -2.28. The molecule has 3 nitrogen and oxygen atoms in total. The maximum atomic E-state index is 12.3. The highest BCUT2D eigenvalue weighted by molar-refractivity contribution is 5.94. The predicted molar refractivity (Wildman–Crippen MR) is 84.8 cm³/mol. The highest BCUT2D eigenvalue weighted by Crippen LogP contribution is 2.19. The molecule has 0 bridgehead atoms. The van der Waals surface area contributed by atoms with Gasteiger partial charge in [-0.3, -0.25) is 4.79 Å². The molecular weight excluding hydrogens is 300 g/mol. The number of carbonyl (C=O) groups excluding carboxylic acids is 1. The van der Waals surface area contributed by atoms with Crippen molar-refractivity contribution in [1.82, 2.24) is 5.32 Å². The molecule has 0 saturated heterocycles. The van der Waals surface area contributed by atoms with Crippen LogP contribution in [0.15, 0.2) is 48.5 Å². The molecule has 0 spiro atoms. The number of halogens is 2. The molecule has 1 atom stereocenters. The van der Waals surface area contributed by atoms with E-state index in [9.17, 15) is 13.6 Å². The molecule has 122 valence electrons. The Morgan fingerprint density at radius 3 is 2.22 bits per heavy atom. The normalized spacial score (nSPS) is 12.0. The second kappa shape index (κ2) is 7.72. The van der Waals surface area contributed by atoms with Gasteiger partial charge in [-0.15, -0.1) is 0 Å². The number of hydrogen-bond donors (Lipinski definition) is 1. The Morgan fingerprint density at radius 2 is 1.70 bits per heavy atom. The van der Waals surface area contributed by atoms with Gasteiger partial charge in [-0.2, -0.15) is 8.78 Å². The van der Waals surface area contributed by atoms with Crippen LogP contribution in [0.1, 0.15) is 40.9 Å². The summed E-state index contributed by atoms with van der Waals surface area (Å²) in [5.41, 5.74) is 2.59. The first kappa shape index (κ1) is 16.9. The van der Waals surface area contributed by atoms with Crippen molar-refractivity contribution in [3.63, 3.8) is 0 Å². The van der Waals surface area contributed by atoms with Gasteiger partial charge in [-0.1, -0.05) is 36.8 Å². The van der Waals surface area contributed by atoms with Crippen LogP contribution in [-0.4, -0.2) is 12.5 Å². The molecule has 0 aliphatic heterocycles. The summed E-state index contributed by atoms with van der Waals surface area (Å²) < 4.78 is 28.5. The molecule has 0 aromatic heterocycles. The lowest BCUT2D eigenvalue weighted by atomic mass is 10.0. The largest absolute Gasteiger partial charge is 0.435 e. The van der Waals surface area contributed by atoms with Gasteiger partial charge in [-0.05, 0) is 43.2 Å². The Hall–Kier alpha value is -2.43. The van der Waals surface area contributed by atoms with E-state index >= 15 is 0 Å². The lowest BCUT2D eigenvalue weighted by molar-refractivity contribution is -0.0498. The summed E-state index contributed by atoms with van der Waals surface area (Å²) in [6.07, 6.45) is 0.751. The number of ether oxygens (including phenoxy) is 1. The molecule has 0 aliphatic rings. The third-order valence-corrected chi connectivity index (χ3v) is 3.53. The summed E-state index contributed by atoms with van der Waals surface area (Å²) in [6.45, 7) is 1.12. The molecule has 0 heterocycles. The first-order valence-corrected chi connectivity index (χ1v) is 7.42. The Labute approximate surface area is 134 Å². The first-order valence-electron chi connectivity index (χ1n) is 7.42. The van der Waals surface area contributed by atoms with E-state index in [4.69, 9.17) is 0 Å². The van der Waals surface area contributed by atoms with Gasteiger partial charge in [0, 0.05) is 5.56 Å². The van der Waals surface area contributed by atoms with Crippen LogP contribution in [0, 0.1) is 6.92 Å². The fourth-order valence-electron chi connectivity index (χ4n) is 2.25. The zero-order valence-electron chi connectivity index (χ0n) is 13.1. The summed E-state index contributed by atoms with van der Waals surface area (Å²) >= 11 is 0. The van der Waals surface area contributed by atoms with Gasteiger partial charge in [0.1, 0.15) is 5.75 Å². The SMILES string of the molecule is CCC(NC(=O)c1ccc(OC(F)F)cc1)c1ccc(C)cc1. The monoisotopic (exact) mass is 319 g/mol. The van der Waals surface area contributed by atoms with Crippen molar-refractivity contribution in [3.8, 4) is 5.75 Å². The number of benzene rings is 2. The molecule has 0 radical (unpaired) electrons. The van der Waals surface area contributed by atoms with Crippen LogP contribution < -0.4 is 10.1 Å². The van der Waals surface area contributed by atoms with Crippen molar-refractivity contribution in [1.29, 1.82) is 0 Å². The van der Waals surface area contributed by atoms with Crippen molar-refractivity contribution in [2.75, 3.05) is 0 Å². The second-order valence-electron chi connectivity index (χ2n) is 5.25. The van der Waals surface area contributed by atoms with Crippen molar-refractivity contribution >= 4 is 5.91 Å². The maximum absolute atomic E-state index is 12.3. The van der Waals surface area contributed by atoms with Crippen LogP contribution >= 0.6 is 0 Å². The third kappa shape index (κ3) is 4.77. The summed E-state index contributed by atoms with van der Waals surface area (Å²) in [6, 6.07) is 13.5. The minimum absolute atomic E-state index is 0.0297. The average Bonchev–Trinajstić information content (AvgIpc) is 2.53. The van der Waals surface area contributed by atoms with E-state index in [1.807, 2.05) is 38.1 Å². The molecule has 0 fully saturated rings. The predicted octanol–water partition coefficient (Wildman–Crippen LogP) is 4.48. The van der Waals surface area contributed by atoms with Crippen LogP contribution in [0.5, 0.6) is 5.75 Å².